The Morgan fingerprint density at radius 2 is 1.36 bits per heavy atom. The highest BCUT2D eigenvalue weighted by atomic mass is 35.5. The van der Waals surface area contributed by atoms with Crippen LogP contribution in [0.1, 0.15) is 21.5 Å². The van der Waals surface area contributed by atoms with Crippen molar-refractivity contribution in [3.8, 4) is 11.5 Å². The molecule has 2 N–H and O–H groups in total. The molecule has 0 heterocycles. The fourth-order valence-corrected chi connectivity index (χ4v) is 4.28. The highest BCUT2D eigenvalue weighted by molar-refractivity contribution is 7.92. The molecule has 0 aromatic heterocycles. The van der Waals surface area contributed by atoms with Crippen molar-refractivity contribution in [3.05, 3.63) is 81.3 Å². The summed E-state index contributed by atoms with van der Waals surface area (Å²) in [5.74, 6) is -2.12. The first kappa shape index (κ1) is 27.4. The van der Waals surface area contributed by atoms with Crippen LogP contribution in [0.2, 0.25) is 10.0 Å². The van der Waals surface area contributed by atoms with E-state index < -0.39 is 55.8 Å². The van der Waals surface area contributed by atoms with E-state index in [2.05, 4.69) is 0 Å². The van der Waals surface area contributed by atoms with Gasteiger partial charge in [0, 0.05) is 6.07 Å². The molecule has 6 nitrogen and oxygen atoms in total. The van der Waals surface area contributed by atoms with E-state index >= 15 is 0 Å². The number of carboxylic acids is 1. The van der Waals surface area contributed by atoms with Crippen molar-refractivity contribution in [2.75, 3.05) is 4.72 Å². The Balaban J connectivity index is 2.12. The van der Waals surface area contributed by atoms with Crippen LogP contribution < -0.4 is 9.46 Å². The van der Waals surface area contributed by atoms with Gasteiger partial charge in [0.05, 0.1) is 31.8 Å². The Kier molecular flexibility index (Phi) is 7.40. The lowest BCUT2D eigenvalue weighted by atomic mass is 10.1. The average molecular weight is 574 g/mol. The Morgan fingerprint density at radius 3 is 1.89 bits per heavy atom. The van der Waals surface area contributed by atoms with Gasteiger partial charge in [0.25, 0.3) is 10.0 Å². The summed E-state index contributed by atoms with van der Waals surface area (Å²) in [7, 11) is -5.10. The number of carboxylic acid groups (broad SMARTS) is 1. The molecule has 0 aliphatic heterocycles. The van der Waals surface area contributed by atoms with Crippen LogP contribution in [0.5, 0.6) is 11.5 Å². The molecule has 3 aromatic carbocycles. The maximum Gasteiger partial charge on any atom is 0.416 e. The Hall–Kier alpha value is -3.16. The zero-order chi connectivity index (χ0) is 27.1. The first-order chi connectivity index (χ1) is 16.5. The monoisotopic (exact) mass is 573 g/mol. The fourth-order valence-electron chi connectivity index (χ4n) is 2.83. The summed E-state index contributed by atoms with van der Waals surface area (Å²) in [6.45, 7) is 0. The molecule has 0 spiro atoms. The molecule has 0 amide bonds. The van der Waals surface area contributed by atoms with Crippen molar-refractivity contribution in [1.29, 1.82) is 0 Å². The third kappa shape index (κ3) is 6.15. The van der Waals surface area contributed by atoms with Gasteiger partial charge in [-0.25, -0.2) is 13.2 Å². The second-order valence-corrected chi connectivity index (χ2v) is 9.51. The molecule has 0 aliphatic carbocycles. The zero-order valence-corrected chi connectivity index (χ0v) is 19.5. The number of aromatic carboxylic acids is 1. The van der Waals surface area contributed by atoms with Crippen LogP contribution in [-0.4, -0.2) is 19.5 Å². The number of halogens is 8. The topological polar surface area (TPSA) is 92.7 Å². The maximum atomic E-state index is 13.2. The molecule has 36 heavy (non-hydrogen) atoms. The normalized spacial score (nSPS) is 12.3. The number of carbonyl (C=O) groups is 1. The molecule has 0 radical (unpaired) electrons. The van der Waals surface area contributed by atoms with Crippen molar-refractivity contribution >= 4 is 44.9 Å². The predicted molar refractivity (Wildman–Crippen MR) is 117 cm³/mol. The van der Waals surface area contributed by atoms with Crippen molar-refractivity contribution in [2.45, 2.75) is 17.2 Å². The summed E-state index contributed by atoms with van der Waals surface area (Å²) in [6, 6.07) is 6.84. The number of rotatable bonds is 6. The highest BCUT2D eigenvalue weighted by Gasteiger charge is 2.38. The summed E-state index contributed by atoms with van der Waals surface area (Å²) in [4.78, 5) is 10.1. The molecule has 3 rings (SSSR count). The molecule has 15 heteroatoms. The number of ether oxygens (including phenoxy) is 1. The van der Waals surface area contributed by atoms with Gasteiger partial charge in [-0.2, -0.15) is 26.3 Å². The van der Waals surface area contributed by atoms with Crippen molar-refractivity contribution in [3.63, 3.8) is 0 Å². The van der Waals surface area contributed by atoms with E-state index in [1.165, 1.54) is 24.3 Å². The second kappa shape index (κ2) is 9.71. The maximum absolute atomic E-state index is 13.2. The minimum atomic E-state index is -5.29. The number of anilines is 1. The van der Waals surface area contributed by atoms with E-state index in [9.17, 15) is 44.7 Å². The molecule has 0 unspecified atom stereocenters. The summed E-state index contributed by atoms with van der Waals surface area (Å²) < 4.78 is 112. The van der Waals surface area contributed by atoms with Gasteiger partial charge in [-0.3, -0.25) is 4.72 Å². The minimum absolute atomic E-state index is 0.0232. The minimum Gasteiger partial charge on any atom is -0.478 e. The molecular weight excluding hydrogens is 563 g/mol. The number of benzene rings is 3. The molecule has 0 atom stereocenters. The van der Waals surface area contributed by atoms with Gasteiger partial charge in [-0.05, 0) is 36.4 Å². The van der Waals surface area contributed by atoms with Gasteiger partial charge >= 0.3 is 18.3 Å². The molecule has 0 saturated heterocycles. The average Bonchev–Trinajstić information content (AvgIpc) is 2.75. The first-order valence-corrected chi connectivity index (χ1v) is 11.5. The van der Waals surface area contributed by atoms with Crippen LogP contribution in [-0.2, 0) is 22.4 Å². The highest BCUT2D eigenvalue weighted by Crippen LogP contribution is 2.41. The van der Waals surface area contributed by atoms with Crippen molar-refractivity contribution in [2.24, 2.45) is 0 Å². The quantitative estimate of drug-likeness (QED) is 0.301. The number of alkyl halides is 6. The van der Waals surface area contributed by atoms with E-state index in [0.29, 0.717) is 0 Å². The van der Waals surface area contributed by atoms with Gasteiger partial charge in [-0.15, -0.1) is 0 Å². The van der Waals surface area contributed by atoms with Crippen molar-refractivity contribution < 1.29 is 49.4 Å². The van der Waals surface area contributed by atoms with Gasteiger partial charge < -0.3 is 9.84 Å². The molecule has 0 bridgehead atoms. The smallest absolute Gasteiger partial charge is 0.416 e. The van der Waals surface area contributed by atoms with Gasteiger partial charge in [-0.1, -0.05) is 35.3 Å². The Bertz CT molecular complexity index is 1410. The number of hydrogen-bond acceptors (Lipinski definition) is 4. The zero-order valence-electron chi connectivity index (χ0n) is 17.2. The van der Waals surface area contributed by atoms with E-state index in [1.54, 1.807) is 0 Å². The molecule has 0 aliphatic rings. The van der Waals surface area contributed by atoms with Crippen molar-refractivity contribution in [1.82, 2.24) is 0 Å². The van der Waals surface area contributed by atoms with Gasteiger partial charge in [0.15, 0.2) is 5.75 Å². The summed E-state index contributed by atoms with van der Waals surface area (Å²) in [5.41, 5.74) is -4.59. The van der Waals surface area contributed by atoms with E-state index in [0.717, 1.165) is 12.1 Å². The van der Waals surface area contributed by atoms with Crippen LogP contribution in [0.25, 0.3) is 0 Å². The van der Waals surface area contributed by atoms with Crippen LogP contribution in [0.4, 0.5) is 32.0 Å². The summed E-state index contributed by atoms with van der Waals surface area (Å²) in [6.07, 6.45) is -10.6. The summed E-state index contributed by atoms with van der Waals surface area (Å²) in [5, 5.41) is 8.87. The SMILES string of the molecule is O=C(O)c1ccccc1Oc1cc(Cl)c(Cl)cc1NS(=O)(=O)c1cc(C(F)(F)F)cc(C(F)(F)F)c1. The lowest BCUT2D eigenvalue weighted by Gasteiger charge is -2.17. The fraction of sp³-hybridized carbons (Fsp3) is 0.0952. The number of nitrogens with one attached hydrogen (secondary N) is 1. The molecule has 3 aromatic rings. The first-order valence-electron chi connectivity index (χ1n) is 9.30. The predicted octanol–water partition coefficient (Wildman–Crippen LogP) is 7.32. The van der Waals surface area contributed by atoms with Crippen LogP contribution >= 0.6 is 23.2 Å². The second-order valence-electron chi connectivity index (χ2n) is 7.01. The van der Waals surface area contributed by atoms with Crippen LogP contribution in [0.3, 0.4) is 0 Å². The Labute approximate surface area is 209 Å². The van der Waals surface area contributed by atoms with E-state index in [-0.39, 0.29) is 39.6 Å². The number of hydrogen-bond donors (Lipinski definition) is 2. The Morgan fingerprint density at radius 1 is 0.833 bits per heavy atom. The third-order valence-electron chi connectivity index (χ3n) is 4.48. The molecular formula is C21H11Cl2F6NO5S. The lowest BCUT2D eigenvalue weighted by Crippen LogP contribution is -2.18. The van der Waals surface area contributed by atoms with E-state index in [1.807, 2.05) is 4.72 Å². The molecule has 192 valence electrons. The standard InChI is InChI=1S/C21H11Cl2F6NO5S/c22-14-8-16(18(9-15(14)23)35-17-4-2-1-3-13(17)19(31)32)30-36(33,34)12-6-10(20(24,25)26)5-11(7-12)21(27,28)29/h1-9,30H,(H,31,32). The third-order valence-corrected chi connectivity index (χ3v) is 6.54. The molecule has 0 saturated carbocycles. The number of para-hydroxylation sites is 1. The van der Waals surface area contributed by atoms with Crippen LogP contribution in [0, 0.1) is 0 Å². The lowest BCUT2D eigenvalue weighted by molar-refractivity contribution is -0.143. The van der Waals surface area contributed by atoms with Gasteiger partial charge in [0.1, 0.15) is 11.3 Å². The summed E-state index contributed by atoms with van der Waals surface area (Å²) >= 11 is 11.8. The van der Waals surface area contributed by atoms with Crippen LogP contribution in [0.15, 0.2) is 59.5 Å². The number of sulfonamides is 1. The largest absolute Gasteiger partial charge is 0.478 e. The van der Waals surface area contributed by atoms with E-state index in [4.69, 9.17) is 27.9 Å². The van der Waals surface area contributed by atoms with Gasteiger partial charge in [0.2, 0.25) is 0 Å². The molecule has 0 fully saturated rings.